The van der Waals surface area contributed by atoms with E-state index in [0.717, 1.165) is 0 Å². The van der Waals surface area contributed by atoms with Crippen LogP contribution in [0.2, 0.25) is 0 Å². The van der Waals surface area contributed by atoms with Crippen LogP contribution in [-0.2, 0) is 25.8 Å². The molecule has 0 saturated heterocycles. The lowest BCUT2D eigenvalue weighted by Gasteiger charge is -2.19. The lowest BCUT2D eigenvalue weighted by molar-refractivity contribution is -0.146. The van der Waals surface area contributed by atoms with Crippen LogP contribution in [0.25, 0.3) is 0 Å². The molecule has 0 saturated carbocycles. The van der Waals surface area contributed by atoms with E-state index in [0.29, 0.717) is 5.56 Å². The average Bonchev–Trinajstić information content (AvgIpc) is 2.45. The number of carboxylic acid groups (broad SMARTS) is 1. The Hall–Kier alpha value is -1.89. The highest BCUT2D eigenvalue weighted by molar-refractivity contribution is 7.92. The highest BCUT2D eigenvalue weighted by Crippen LogP contribution is 2.17. The van der Waals surface area contributed by atoms with Gasteiger partial charge in [-0.1, -0.05) is 12.1 Å². The first kappa shape index (κ1) is 19.2. The minimum Gasteiger partial charge on any atom is -0.481 e. The van der Waals surface area contributed by atoms with Gasteiger partial charge < -0.3 is 10.4 Å². The number of nitrogens with one attached hydrogen (secondary N) is 1. The Labute approximate surface area is 136 Å². The molecule has 0 aliphatic heterocycles. The van der Waals surface area contributed by atoms with Gasteiger partial charge in [-0.05, 0) is 45.4 Å². The molecule has 1 aromatic carbocycles. The van der Waals surface area contributed by atoms with Crippen molar-refractivity contribution in [1.29, 1.82) is 0 Å². The lowest BCUT2D eigenvalue weighted by Crippen LogP contribution is -2.39. The van der Waals surface area contributed by atoms with Gasteiger partial charge in [0.2, 0.25) is 5.91 Å². The van der Waals surface area contributed by atoms with Gasteiger partial charge in [0.05, 0.1) is 22.0 Å². The van der Waals surface area contributed by atoms with E-state index in [-0.39, 0.29) is 23.8 Å². The Morgan fingerprint density at radius 3 is 2.13 bits per heavy atom. The fourth-order valence-electron chi connectivity index (χ4n) is 1.71. The van der Waals surface area contributed by atoms with E-state index in [1.165, 1.54) is 26.0 Å². The topological polar surface area (TPSA) is 101 Å². The van der Waals surface area contributed by atoms with Crippen molar-refractivity contribution in [2.45, 2.75) is 44.3 Å². The third-order valence-electron chi connectivity index (χ3n) is 3.54. The Balaban J connectivity index is 2.69. The van der Waals surface area contributed by atoms with Gasteiger partial charge in [0.15, 0.2) is 9.84 Å². The quantitative estimate of drug-likeness (QED) is 0.785. The monoisotopic (exact) mass is 341 g/mol. The van der Waals surface area contributed by atoms with E-state index >= 15 is 0 Å². The van der Waals surface area contributed by atoms with Crippen LogP contribution in [0.3, 0.4) is 0 Å². The van der Waals surface area contributed by atoms with Crippen LogP contribution >= 0.6 is 0 Å². The maximum atomic E-state index is 12.0. The Bertz CT molecular complexity index is 675. The van der Waals surface area contributed by atoms with Crippen molar-refractivity contribution < 1.29 is 23.1 Å². The molecule has 0 fully saturated rings. The molecule has 0 spiro atoms. The van der Waals surface area contributed by atoms with E-state index in [1.807, 2.05) is 0 Å². The molecule has 1 aromatic rings. The van der Waals surface area contributed by atoms with Crippen LogP contribution in [0.15, 0.2) is 29.2 Å². The lowest BCUT2D eigenvalue weighted by atomic mass is 9.94. The fourth-order valence-corrected chi connectivity index (χ4v) is 2.77. The molecule has 7 heteroatoms. The smallest absolute Gasteiger partial charge is 0.310 e. The maximum absolute atomic E-state index is 12.0. The summed E-state index contributed by atoms with van der Waals surface area (Å²) in [6.07, 6.45) is 0.0672. The molecule has 6 nitrogen and oxygen atoms in total. The summed E-state index contributed by atoms with van der Waals surface area (Å²) >= 11 is 0. The first-order valence-corrected chi connectivity index (χ1v) is 8.84. The second-order valence-corrected chi connectivity index (χ2v) is 8.88. The van der Waals surface area contributed by atoms with Crippen LogP contribution in [-0.4, -0.2) is 37.2 Å². The summed E-state index contributed by atoms with van der Waals surface area (Å²) in [6, 6.07) is 6.16. The van der Waals surface area contributed by atoms with Gasteiger partial charge in [0.1, 0.15) is 0 Å². The van der Waals surface area contributed by atoms with Crippen LogP contribution in [0.1, 0.15) is 33.3 Å². The predicted molar refractivity (Wildman–Crippen MR) is 86.9 cm³/mol. The number of sulfone groups is 1. The van der Waals surface area contributed by atoms with Gasteiger partial charge in [-0.2, -0.15) is 0 Å². The molecule has 0 bridgehead atoms. The number of hydrogen-bond donors (Lipinski definition) is 2. The summed E-state index contributed by atoms with van der Waals surface area (Å²) in [5.41, 5.74) is -0.372. The second kappa shape index (κ2) is 7.12. The van der Waals surface area contributed by atoms with Crippen LogP contribution < -0.4 is 5.32 Å². The summed E-state index contributed by atoms with van der Waals surface area (Å²) in [7, 11) is -3.33. The molecule has 1 rings (SSSR count). The first-order valence-electron chi connectivity index (χ1n) is 7.30. The summed E-state index contributed by atoms with van der Waals surface area (Å²) in [5.74, 6) is -1.29. The van der Waals surface area contributed by atoms with E-state index in [9.17, 15) is 18.0 Å². The van der Waals surface area contributed by atoms with Gasteiger partial charge in [0.25, 0.3) is 0 Å². The Morgan fingerprint density at radius 2 is 1.70 bits per heavy atom. The zero-order valence-corrected chi connectivity index (χ0v) is 14.6. The van der Waals surface area contributed by atoms with Crippen molar-refractivity contribution in [3.05, 3.63) is 29.8 Å². The number of carbonyl (C=O) groups is 2. The number of aliphatic carboxylic acids is 1. The number of carboxylic acids is 1. The summed E-state index contributed by atoms with van der Waals surface area (Å²) in [4.78, 5) is 23.0. The number of amides is 1. The van der Waals surface area contributed by atoms with Gasteiger partial charge in [-0.15, -0.1) is 0 Å². The molecule has 1 amide bonds. The summed E-state index contributed by atoms with van der Waals surface area (Å²) in [5, 5.41) is 11.1. The van der Waals surface area contributed by atoms with Crippen molar-refractivity contribution in [3.63, 3.8) is 0 Å². The summed E-state index contributed by atoms with van der Waals surface area (Å²) < 4.78 is 24.0. The molecule has 128 valence electrons. The molecule has 0 aliphatic rings. The van der Waals surface area contributed by atoms with Crippen molar-refractivity contribution in [2.24, 2.45) is 5.41 Å². The Morgan fingerprint density at radius 1 is 1.17 bits per heavy atom. The molecule has 0 heterocycles. The van der Waals surface area contributed by atoms with Crippen molar-refractivity contribution in [1.82, 2.24) is 5.32 Å². The normalized spacial score (nSPS) is 12.2. The number of carbonyl (C=O) groups excluding carboxylic acids is 1. The minimum atomic E-state index is -3.33. The van der Waals surface area contributed by atoms with E-state index in [4.69, 9.17) is 5.11 Å². The maximum Gasteiger partial charge on any atom is 0.310 e. The van der Waals surface area contributed by atoms with E-state index in [2.05, 4.69) is 5.32 Å². The number of hydrogen-bond acceptors (Lipinski definition) is 4. The molecule has 0 radical (unpaired) electrons. The van der Waals surface area contributed by atoms with E-state index in [1.54, 1.807) is 26.0 Å². The van der Waals surface area contributed by atoms with Gasteiger partial charge >= 0.3 is 5.97 Å². The third kappa shape index (κ3) is 5.06. The highest BCUT2D eigenvalue weighted by atomic mass is 32.2. The zero-order valence-electron chi connectivity index (χ0n) is 13.8. The first-order chi connectivity index (χ1) is 10.5. The highest BCUT2D eigenvalue weighted by Gasteiger charge is 2.27. The fraction of sp³-hybridized carbons (Fsp3) is 0.500. The van der Waals surface area contributed by atoms with Crippen LogP contribution in [0, 0.1) is 5.41 Å². The summed E-state index contributed by atoms with van der Waals surface area (Å²) in [6.45, 7) is 6.31. The van der Waals surface area contributed by atoms with Crippen LogP contribution in [0.4, 0.5) is 0 Å². The van der Waals surface area contributed by atoms with Gasteiger partial charge in [-0.3, -0.25) is 9.59 Å². The van der Waals surface area contributed by atoms with Crippen LogP contribution in [0.5, 0.6) is 0 Å². The molecule has 23 heavy (non-hydrogen) atoms. The molecule has 0 atom stereocenters. The zero-order chi connectivity index (χ0) is 17.8. The van der Waals surface area contributed by atoms with Gasteiger partial charge in [-0.25, -0.2) is 8.42 Å². The predicted octanol–water partition coefficient (Wildman–Crippen LogP) is 1.64. The van der Waals surface area contributed by atoms with Crippen molar-refractivity contribution in [2.75, 3.05) is 6.54 Å². The number of benzene rings is 1. The molecule has 0 aliphatic carbocycles. The Kier molecular flexibility index (Phi) is 5.93. The SMILES string of the molecule is CC(C)S(=O)(=O)c1ccc(CC(=O)NCC(C)(C)C(=O)O)cc1. The average molecular weight is 341 g/mol. The van der Waals surface area contributed by atoms with Crippen molar-refractivity contribution >= 4 is 21.7 Å². The molecule has 0 aromatic heterocycles. The number of rotatable bonds is 7. The van der Waals surface area contributed by atoms with Gasteiger partial charge in [0, 0.05) is 6.54 Å². The minimum absolute atomic E-state index is 0.0287. The largest absolute Gasteiger partial charge is 0.481 e. The molecule has 0 unspecified atom stereocenters. The molecular weight excluding hydrogens is 318 g/mol. The second-order valence-electron chi connectivity index (χ2n) is 6.38. The molecule has 2 N–H and O–H groups in total. The molecular formula is C16H23NO5S. The van der Waals surface area contributed by atoms with E-state index < -0.39 is 26.5 Å². The van der Waals surface area contributed by atoms with Crippen molar-refractivity contribution in [3.8, 4) is 0 Å². The third-order valence-corrected chi connectivity index (χ3v) is 5.71. The standard InChI is InChI=1S/C16H23NO5S/c1-11(2)23(21,22)13-7-5-12(6-8-13)9-14(18)17-10-16(3,4)15(19)20/h5-8,11H,9-10H2,1-4H3,(H,17,18)(H,19,20).